The Morgan fingerprint density at radius 1 is 1.41 bits per heavy atom. The summed E-state index contributed by atoms with van der Waals surface area (Å²) in [6.07, 6.45) is 8.93. The lowest BCUT2D eigenvalue weighted by Crippen LogP contribution is -2.41. The van der Waals surface area contributed by atoms with Gasteiger partial charge in [-0.3, -0.25) is 9.69 Å². The van der Waals surface area contributed by atoms with Gasteiger partial charge >= 0.3 is 0 Å². The third kappa shape index (κ3) is 2.94. The second-order valence-corrected chi connectivity index (χ2v) is 6.16. The van der Waals surface area contributed by atoms with Crippen LogP contribution in [0.3, 0.4) is 0 Å². The number of carbonyl (C=O) groups excluding carboxylic acids is 1. The lowest BCUT2D eigenvalue weighted by molar-refractivity contribution is -0.129. The molecule has 5 heteroatoms. The summed E-state index contributed by atoms with van der Waals surface area (Å²) >= 11 is 7.09. The average molecular weight is 272 g/mol. The molecule has 1 aliphatic carbocycles. The molecule has 1 N–H and O–H groups in total. The minimum absolute atomic E-state index is 0.0723. The first-order valence-corrected chi connectivity index (χ1v) is 8.16. The molecule has 96 valence electrons. The molecule has 0 spiro atoms. The maximum absolute atomic E-state index is 12.3. The fraction of sp³-hybridized carbons (Fsp3) is 0.833. The molecule has 17 heavy (non-hydrogen) atoms. The van der Waals surface area contributed by atoms with Crippen LogP contribution in [0.4, 0.5) is 0 Å². The highest BCUT2D eigenvalue weighted by Crippen LogP contribution is 2.26. The van der Waals surface area contributed by atoms with Crippen LogP contribution in [0.25, 0.3) is 0 Å². The third-order valence-corrected chi connectivity index (χ3v) is 4.56. The maximum Gasteiger partial charge on any atom is 0.251 e. The van der Waals surface area contributed by atoms with E-state index in [0.29, 0.717) is 11.2 Å². The predicted molar refractivity (Wildman–Crippen MR) is 76.2 cm³/mol. The quantitative estimate of drug-likeness (QED) is 0.795. The number of carbonyl (C=O) groups is 1. The van der Waals surface area contributed by atoms with Crippen LogP contribution in [0.5, 0.6) is 0 Å². The molecule has 2 rings (SSSR count). The number of hydrogen-bond acceptors (Lipinski definition) is 3. The molecular weight excluding hydrogens is 252 g/mol. The Kier molecular flexibility index (Phi) is 4.68. The van der Waals surface area contributed by atoms with E-state index in [9.17, 15) is 4.79 Å². The molecule has 2 fully saturated rings. The first-order chi connectivity index (χ1) is 8.24. The molecule has 2 aliphatic rings. The molecule has 0 aromatic heterocycles. The van der Waals surface area contributed by atoms with Gasteiger partial charge in [-0.15, -0.1) is 0 Å². The van der Waals surface area contributed by atoms with Crippen molar-refractivity contribution in [2.75, 3.05) is 12.0 Å². The number of rotatable bonds is 4. The summed E-state index contributed by atoms with van der Waals surface area (Å²) < 4.78 is 0. The first kappa shape index (κ1) is 13.1. The summed E-state index contributed by atoms with van der Waals surface area (Å²) in [5.74, 6) is 1.21. The molecule has 1 heterocycles. The van der Waals surface area contributed by atoms with Crippen molar-refractivity contribution in [2.45, 2.75) is 50.6 Å². The van der Waals surface area contributed by atoms with Gasteiger partial charge in [-0.05, 0) is 43.5 Å². The number of thioether (sulfide) groups is 1. The van der Waals surface area contributed by atoms with E-state index in [-0.39, 0.29) is 11.9 Å². The van der Waals surface area contributed by atoms with Crippen molar-refractivity contribution in [3.05, 3.63) is 0 Å². The normalized spacial score (nSPS) is 26.4. The highest BCUT2D eigenvalue weighted by Gasteiger charge is 2.39. The van der Waals surface area contributed by atoms with Crippen molar-refractivity contribution >= 4 is 35.0 Å². The van der Waals surface area contributed by atoms with Gasteiger partial charge in [-0.1, -0.05) is 19.3 Å². The van der Waals surface area contributed by atoms with E-state index < -0.39 is 0 Å². The fourth-order valence-corrected chi connectivity index (χ4v) is 3.52. The van der Waals surface area contributed by atoms with Crippen molar-refractivity contribution < 1.29 is 4.79 Å². The first-order valence-electron chi connectivity index (χ1n) is 6.36. The van der Waals surface area contributed by atoms with E-state index in [1.165, 1.54) is 19.3 Å². The van der Waals surface area contributed by atoms with Crippen LogP contribution in [0.2, 0.25) is 0 Å². The van der Waals surface area contributed by atoms with Gasteiger partial charge in [0.05, 0.1) is 0 Å². The molecular formula is C12H20N2OS2. The molecule has 0 aromatic rings. The number of nitrogens with zero attached hydrogens (tertiary/aromatic N) is 1. The number of amides is 1. The van der Waals surface area contributed by atoms with Gasteiger partial charge in [0, 0.05) is 6.04 Å². The van der Waals surface area contributed by atoms with Crippen molar-refractivity contribution in [3.63, 3.8) is 0 Å². The Balaban J connectivity index is 1.97. The summed E-state index contributed by atoms with van der Waals surface area (Å²) in [7, 11) is 0. The molecule has 1 saturated heterocycles. The lowest BCUT2D eigenvalue weighted by Gasteiger charge is -2.30. The third-order valence-electron chi connectivity index (χ3n) is 3.60. The molecule has 0 bridgehead atoms. The van der Waals surface area contributed by atoms with Crippen LogP contribution in [-0.4, -0.2) is 40.0 Å². The average Bonchev–Trinajstić information content (AvgIpc) is 2.63. The van der Waals surface area contributed by atoms with Crippen LogP contribution >= 0.6 is 24.0 Å². The summed E-state index contributed by atoms with van der Waals surface area (Å²) in [5, 5.41) is 3.84. The van der Waals surface area contributed by atoms with Crippen LogP contribution in [0, 0.1) is 0 Å². The summed E-state index contributed by atoms with van der Waals surface area (Å²) in [6.45, 7) is 0. The zero-order valence-electron chi connectivity index (χ0n) is 10.3. The SMILES string of the molecule is CSCCC1NC(=S)N(C2CCCCC2)C1=O. The lowest BCUT2D eigenvalue weighted by atomic mass is 9.94. The van der Waals surface area contributed by atoms with Gasteiger partial charge in [0.1, 0.15) is 6.04 Å². The maximum atomic E-state index is 12.3. The zero-order chi connectivity index (χ0) is 12.3. The Bertz CT molecular complexity index is 303. The molecule has 1 unspecified atom stereocenters. The Hall–Kier alpha value is -0.290. The Labute approximate surface area is 113 Å². The largest absolute Gasteiger partial charge is 0.350 e. The van der Waals surface area contributed by atoms with Crippen molar-refractivity contribution in [2.24, 2.45) is 0 Å². The fourth-order valence-electron chi connectivity index (χ4n) is 2.66. The van der Waals surface area contributed by atoms with Gasteiger partial charge in [0.25, 0.3) is 5.91 Å². The van der Waals surface area contributed by atoms with Crippen LogP contribution in [0.1, 0.15) is 38.5 Å². The molecule has 1 amide bonds. The van der Waals surface area contributed by atoms with E-state index in [1.54, 1.807) is 11.8 Å². The minimum Gasteiger partial charge on any atom is -0.350 e. The second-order valence-electron chi connectivity index (χ2n) is 4.78. The highest BCUT2D eigenvalue weighted by molar-refractivity contribution is 7.98. The van der Waals surface area contributed by atoms with E-state index >= 15 is 0 Å². The predicted octanol–water partition coefficient (Wildman–Crippen LogP) is 2.16. The van der Waals surface area contributed by atoms with Crippen molar-refractivity contribution in [1.82, 2.24) is 10.2 Å². The van der Waals surface area contributed by atoms with Crippen LogP contribution in [0.15, 0.2) is 0 Å². The minimum atomic E-state index is -0.0723. The summed E-state index contributed by atoms with van der Waals surface area (Å²) in [6, 6.07) is 0.285. The van der Waals surface area contributed by atoms with Crippen molar-refractivity contribution in [3.8, 4) is 0 Å². The monoisotopic (exact) mass is 272 g/mol. The Morgan fingerprint density at radius 2 is 2.12 bits per heavy atom. The van der Waals surface area contributed by atoms with E-state index in [4.69, 9.17) is 12.2 Å². The smallest absolute Gasteiger partial charge is 0.251 e. The topological polar surface area (TPSA) is 32.3 Å². The Morgan fingerprint density at radius 3 is 2.76 bits per heavy atom. The molecule has 0 radical (unpaired) electrons. The van der Waals surface area contributed by atoms with E-state index in [1.807, 2.05) is 4.90 Å². The standard InChI is InChI=1S/C12H20N2OS2/c1-17-8-7-10-11(15)14(12(16)13-10)9-5-3-2-4-6-9/h9-10H,2-8H2,1H3,(H,13,16). The highest BCUT2D eigenvalue weighted by atomic mass is 32.2. The molecule has 3 nitrogen and oxygen atoms in total. The second kappa shape index (κ2) is 6.05. The van der Waals surface area contributed by atoms with Gasteiger partial charge in [0.2, 0.25) is 0 Å². The number of nitrogens with one attached hydrogen (secondary N) is 1. The number of thiocarbonyl (C=S) groups is 1. The molecule has 1 aliphatic heterocycles. The number of hydrogen-bond donors (Lipinski definition) is 1. The van der Waals surface area contributed by atoms with Crippen LogP contribution in [-0.2, 0) is 4.79 Å². The van der Waals surface area contributed by atoms with E-state index in [0.717, 1.165) is 25.0 Å². The zero-order valence-corrected chi connectivity index (χ0v) is 11.9. The van der Waals surface area contributed by atoms with Gasteiger partial charge in [-0.25, -0.2) is 0 Å². The van der Waals surface area contributed by atoms with Crippen LogP contribution < -0.4 is 5.32 Å². The summed E-state index contributed by atoms with van der Waals surface area (Å²) in [4.78, 5) is 14.1. The van der Waals surface area contributed by atoms with Gasteiger partial charge < -0.3 is 5.32 Å². The van der Waals surface area contributed by atoms with Crippen molar-refractivity contribution in [1.29, 1.82) is 0 Å². The molecule has 1 atom stereocenters. The van der Waals surface area contributed by atoms with Gasteiger partial charge in [-0.2, -0.15) is 11.8 Å². The van der Waals surface area contributed by atoms with E-state index in [2.05, 4.69) is 11.6 Å². The summed E-state index contributed by atoms with van der Waals surface area (Å²) in [5.41, 5.74) is 0. The molecule has 0 aromatic carbocycles. The van der Waals surface area contributed by atoms with Gasteiger partial charge in [0.15, 0.2) is 5.11 Å². The molecule has 1 saturated carbocycles.